The molecule has 5 nitrogen and oxygen atoms in total. The fourth-order valence-electron chi connectivity index (χ4n) is 2.61. The zero-order valence-electron chi connectivity index (χ0n) is 15.9. The zero-order valence-corrected chi connectivity index (χ0v) is 15.9. The lowest BCUT2D eigenvalue weighted by Gasteiger charge is -2.23. The topological polar surface area (TPSA) is 80.7 Å². The summed E-state index contributed by atoms with van der Waals surface area (Å²) in [5.74, 6) is -2.80. The average Bonchev–Trinajstić information content (AvgIpc) is 2.49. The maximum absolute atomic E-state index is 12.5. The number of aliphatic hydroxyl groups excluding tert-OH is 1. The average molecular weight is 348 g/mol. The van der Waals surface area contributed by atoms with E-state index in [2.05, 4.69) is 0 Å². The first-order chi connectivity index (χ1) is 11.6. The van der Waals surface area contributed by atoms with Gasteiger partial charge in [-0.2, -0.15) is 0 Å². The molecule has 0 aliphatic heterocycles. The molecule has 0 saturated heterocycles. The van der Waals surface area contributed by atoms with Crippen molar-refractivity contribution in [2.24, 2.45) is 11.8 Å². The normalized spacial score (nSPS) is 16.4. The van der Waals surface area contributed by atoms with E-state index in [1.165, 1.54) is 6.92 Å². The van der Waals surface area contributed by atoms with Gasteiger partial charge >= 0.3 is 5.97 Å². The van der Waals surface area contributed by atoms with Crippen LogP contribution in [0.25, 0.3) is 0 Å². The van der Waals surface area contributed by atoms with Crippen LogP contribution in [-0.2, 0) is 19.1 Å². The van der Waals surface area contributed by atoms with Crippen LogP contribution in [0.3, 0.4) is 0 Å². The van der Waals surface area contributed by atoms with Crippen molar-refractivity contribution >= 4 is 17.5 Å². The summed E-state index contributed by atoms with van der Waals surface area (Å²) in [5.41, 5.74) is 1.17. The van der Waals surface area contributed by atoms with Gasteiger partial charge < -0.3 is 9.84 Å². The van der Waals surface area contributed by atoms with E-state index in [4.69, 9.17) is 4.74 Å². The van der Waals surface area contributed by atoms with Gasteiger partial charge in [-0.05, 0) is 45.4 Å². The summed E-state index contributed by atoms with van der Waals surface area (Å²) in [6.45, 7) is 10.8. The summed E-state index contributed by atoms with van der Waals surface area (Å²) in [6, 6.07) is 0. The van der Waals surface area contributed by atoms with Crippen molar-refractivity contribution in [2.75, 3.05) is 0 Å². The lowest BCUT2D eigenvalue weighted by atomic mass is 9.84. The van der Waals surface area contributed by atoms with Crippen LogP contribution in [0.15, 0.2) is 34.3 Å². The van der Waals surface area contributed by atoms with E-state index in [0.29, 0.717) is 6.42 Å². The van der Waals surface area contributed by atoms with Crippen molar-refractivity contribution in [1.29, 1.82) is 0 Å². The minimum absolute atomic E-state index is 0.0751. The summed E-state index contributed by atoms with van der Waals surface area (Å²) >= 11 is 0. The highest BCUT2D eigenvalue weighted by atomic mass is 16.5. The van der Waals surface area contributed by atoms with Crippen LogP contribution < -0.4 is 0 Å². The lowest BCUT2D eigenvalue weighted by Crippen LogP contribution is -2.29. The molecule has 25 heavy (non-hydrogen) atoms. The van der Waals surface area contributed by atoms with Gasteiger partial charge in [-0.1, -0.05) is 32.4 Å². The number of ether oxygens (including phenoxy) is 1. The number of aliphatic hydroxyl groups is 1. The van der Waals surface area contributed by atoms with E-state index >= 15 is 0 Å². The highest BCUT2D eigenvalue weighted by molar-refractivity contribution is 6.23. The molecule has 138 valence electrons. The first-order valence-corrected chi connectivity index (χ1v) is 8.63. The summed E-state index contributed by atoms with van der Waals surface area (Å²) in [7, 11) is 0. The molecule has 5 heteroatoms. The van der Waals surface area contributed by atoms with Crippen LogP contribution in [-0.4, -0.2) is 22.6 Å². The quantitative estimate of drug-likeness (QED) is 0.424. The van der Waals surface area contributed by atoms with E-state index < -0.39 is 23.3 Å². The van der Waals surface area contributed by atoms with E-state index in [9.17, 15) is 19.5 Å². The Bertz CT molecular complexity index is 658. The summed E-state index contributed by atoms with van der Waals surface area (Å²) in [5, 5.41) is 9.97. The second-order valence-corrected chi connectivity index (χ2v) is 7.21. The Morgan fingerprint density at radius 3 is 2.28 bits per heavy atom. The monoisotopic (exact) mass is 348 g/mol. The molecule has 1 N–H and O–H groups in total. The molecule has 1 unspecified atom stereocenters. The van der Waals surface area contributed by atoms with Gasteiger partial charge in [0.15, 0.2) is 11.5 Å². The number of hydrogen-bond donors (Lipinski definition) is 1. The molecule has 0 spiro atoms. The van der Waals surface area contributed by atoms with E-state index in [-0.39, 0.29) is 35.2 Å². The van der Waals surface area contributed by atoms with E-state index in [0.717, 1.165) is 12.0 Å². The maximum Gasteiger partial charge on any atom is 0.311 e. The highest BCUT2D eigenvalue weighted by Crippen LogP contribution is 2.31. The summed E-state index contributed by atoms with van der Waals surface area (Å²) < 4.78 is 5.27. The molecule has 1 atom stereocenters. The van der Waals surface area contributed by atoms with Crippen molar-refractivity contribution in [3.05, 3.63) is 34.3 Å². The molecular formula is C20H28O5. The molecule has 0 aromatic heterocycles. The number of carbonyl (C=O) groups excluding carboxylic acids is 3. The standard InChI is InChI=1S/C20H28O5/c1-11(2)8-7-9-13(5)16-19(24)17(22)14(6)18(23)20(16)25-15(21)10-12(3)4/h8,12-13,22H,7,9-10H2,1-6H3. The number of hydrogen-bond acceptors (Lipinski definition) is 5. The zero-order chi connectivity index (χ0) is 19.3. The smallest absolute Gasteiger partial charge is 0.311 e. The van der Waals surface area contributed by atoms with Crippen LogP contribution in [0.5, 0.6) is 0 Å². The first-order valence-electron chi connectivity index (χ1n) is 8.63. The number of allylic oxidation sites excluding steroid dienone is 4. The highest BCUT2D eigenvalue weighted by Gasteiger charge is 2.37. The number of carbonyl (C=O) groups is 3. The molecular weight excluding hydrogens is 320 g/mol. The molecule has 0 aromatic rings. The van der Waals surface area contributed by atoms with Crippen LogP contribution in [0.1, 0.15) is 60.8 Å². The van der Waals surface area contributed by atoms with Crippen molar-refractivity contribution in [2.45, 2.75) is 60.8 Å². The molecule has 0 bridgehead atoms. The Morgan fingerprint density at radius 2 is 1.76 bits per heavy atom. The summed E-state index contributed by atoms with van der Waals surface area (Å²) in [4.78, 5) is 37.0. The minimum Gasteiger partial charge on any atom is -0.504 e. The molecule has 0 aromatic carbocycles. The first kappa shape index (κ1) is 20.9. The van der Waals surface area contributed by atoms with Gasteiger partial charge in [-0.25, -0.2) is 0 Å². The van der Waals surface area contributed by atoms with Crippen LogP contribution in [0.4, 0.5) is 0 Å². The second-order valence-electron chi connectivity index (χ2n) is 7.21. The van der Waals surface area contributed by atoms with Gasteiger partial charge in [-0.3, -0.25) is 14.4 Å². The molecule has 0 saturated carbocycles. The number of ketones is 2. The van der Waals surface area contributed by atoms with Crippen molar-refractivity contribution in [3.63, 3.8) is 0 Å². The Balaban J connectivity index is 3.19. The lowest BCUT2D eigenvalue weighted by molar-refractivity contribution is -0.143. The molecule has 0 amide bonds. The largest absolute Gasteiger partial charge is 0.504 e. The van der Waals surface area contributed by atoms with Crippen molar-refractivity contribution in [3.8, 4) is 0 Å². The number of esters is 1. The van der Waals surface area contributed by atoms with Crippen molar-refractivity contribution < 1.29 is 24.2 Å². The molecule has 0 fully saturated rings. The molecule has 1 aliphatic rings. The van der Waals surface area contributed by atoms with E-state index in [1.807, 2.05) is 33.8 Å². The third-order valence-corrected chi connectivity index (χ3v) is 4.04. The van der Waals surface area contributed by atoms with Gasteiger partial charge in [0.1, 0.15) is 0 Å². The van der Waals surface area contributed by atoms with Crippen LogP contribution >= 0.6 is 0 Å². The predicted octanol–water partition coefficient (Wildman–Crippen LogP) is 4.20. The minimum atomic E-state index is -0.630. The van der Waals surface area contributed by atoms with Crippen molar-refractivity contribution in [1.82, 2.24) is 0 Å². The van der Waals surface area contributed by atoms with Gasteiger partial charge in [0.2, 0.25) is 11.6 Å². The van der Waals surface area contributed by atoms with Crippen LogP contribution in [0, 0.1) is 11.8 Å². The third-order valence-electron chi connectivity index (χ3n) is 4.04. The fourth-order valence-corrected chi connectivity index (χ4v) is 2.61. The molecule has 0 heterocycles. The fraction of sp³-hybridized carbons (Fsp3) is 0.550. The Hall–Kier alpha value is -2.17. The molecule has 1 aliphatic carbocycles. The van der Waals surface area contributed by atoms with Crippen LogP contribution in [0.2, 0.25) is 0 Å². The SMILES string of the molecule is CC(C)=CCCC(C)C1=C(OC(=O)CC(C)C)C(=O)C(C)=C(O)C1=O. The third kappa shape index (κ3) is 5.41. The Morgan fingerprint density at radius 1 is 1.16 bits per heavy atom. The Labute approximate surface area is 149 Å². The molecule has 0 radical (unpaired) electrons. The van der Waals surface area contributed by atoms with Gasteiger partial charge in [-0.15, -0.1) is 0 Å². The second kappa shape index (κ2) is 8.79. The predicted molar refractivity (Wildman–Crippen MR) is 95.7 cm³/mol. The van der Waals surface area contributed by atoms with Gasteiger partial charge in [0, 0.05) is 12.0 Å². The summed E-state index contributed by atoms with van der Waals surface area (Å²) in [6.07, 6.45) is 3.53. The van der Waals surface area contributed by atoms with Gasteiger partial charge in [0.25, 0.3) is 0 Å². The van der Waals surface area contributed by atoms with Gasteiger partial charge in [0.05, 0.1) is 5.57 Å². The number of Topliss-reactive ketones (excluding diaryl/α,β-unsaturated/α-hetero) is 2. The molecule has 1 rings (SSSR count). The Kier molecular flexibility index (Phi) is 7.34. The maximum atomic E-state index is 12.5. The number of rotatable bonds is 7. The van der Waals surface area contributed by atoms with E-state index in [1.54, 1.807) is 6.92 Å².